The molecular formula is C26H33N5O3. The Morgan fingerprint density at radius 2 is 1.94 bits per heavy atom. The molecule has 1 aliphatic heterocycles. The highest BCUT2D eigenvalue weighted by Crippen LogP contribution is 2.38. The second-order valence-corrected chi connectivity index (χ2v) is 10.8. The van der Waals surface area contributed by atoms with Gasteiger partial charge in [-0.1, -0.05) is 19.0 Å². The van der Waals surface area contributed by atoms with Gasteiger partial charge in [-0.25, -0.2) is 0 Å². The maximum Gasteiger partial charge on any atom is 0.309 e. The third kappa shape index (κ3) is 4.15. The summed E-state index contributed by atoms with van der Waals surface area (Å²) in [6, 6.07) is 4.23. The van der Waals surface area contributed by atoms with Crippen molar-refractivity contribution in [1.29, 1.82) is 0 Å². The van der Waals surface area contributed by atoms with Gasteiger partial charge >= 0.3 is 5.97 Å². The minimum absolute atomic E-state index is 0.215. The second-order valence-electron chi connectivity index (χ2n) is 10.8. The fraction of sp³-hybridized carbons (Fsp3) is 0.538. The van der Waals surface area contributed by atoms with Crippen LogP contribution in [0.3, 0.4) is 0 Å². The number of rotatable bonds is 6. The van der Waals surface area contributed by atoms with E-state index in [0.29, 0.717) is 24.8 Å². The molecule has 1 saturated heterocycles. The molecule has 8 heteroatoms. The molecule has 34 heavy (non-hydrogen) atoms. The number of nitrogens with zero attached hydrogens (tertiary/aromatic N) is 5. The molecular weight excluding hydrogens is 430 g/mol. The van der Waals surface area contributed by atoms with Crippen molar-refractivity contribution in [2.24, 2.45) is 18.4 Å². The molecule has 1 fully saturated rings. The van der Waals surface area contributed by atoms with E-state index in [2.05, 4.69) is 49.9 Å². The third-order valence-corrected chi connectivity index (χ3v) is 7.54. The summed E-state index contributed by atoms with van der Waals surface area (Å²) in [7, 11) is 1.99. The summed E-state index contributed by atoms with van der Waals surface area (Å²) >= 11 is 0. The van der Waals surface area contributed by atoms with Crippen LogP contribution < -0.4 is 0 Å². The van der Waals surface area contributed by atoms with E-state index in [0.717, 1.165) is 43.5 Å². The lowest BCUT2D eigenvalue weighted by molar-refractivity contribution is -0.147. The highest BCUT2D eigenvalue weighted by Gasteiger charge is 2.33. The molecule has 0 radical (unpaired) electrons. The minimum atomic E-state index is -0.692. The summed E-state index contributed by atoms with van der Waals surface area (Å²) in [6.07, 6.45) is 3.99. The van der Waals surface area contributed by atoms with Crippen molar-refractivity contribution in [1.82, 2.24) is 24.8 Å². The van der Waals surface area contributed by atoms with E-state index < -0.39 is 5.97 Å². The summed E-state index contributed by atoms with van der Waals surface area (Å²) in [5.74, 6) is 0.155. The largest absolute Gasteiger partial charge is 0.481 e. The van der Waals surface area contributed by atoms with Crippen LogP contribution in [0.5, 0.6) is 0 Å². The molecule has 3 heterocycles. The number of hydrogen-bond donors (Lipinski definition) is 1. The Hall–Kier alpha value is -3.00. The zero-order valence-corrected chi connectivity index (χ0v) is 20.7. The SMILES string of the molecule is Cc1cc(-c2noc(-c3nn(C)c4c3CCC(C)(C)C4)n2)cc(C)c1CCN1CC(C(=O)O)C1. The molecule has 5 rings (SSSR count). The first kappa shape index (κ1) is 22.8. The van der Waals surface area contributed by atoms with E-state index in [1.54, 1.807) is 0 Å². The van der Waals surface area contributed by atoms with Gasteiger partial charge in [0, 0.05) is 43.5 Å². The maximum absolute atomic E-state index is 11.0. The van der Waals surface area contributed by atoms with Gasteiger partial charge in [-0.2, -0.15) is 10.1 Å². The Labute approximate surface area is 200 Å². The maximum atomic E-state index is 11.0. The van der Waals surface area contributed by atoms with Crippen LogP contribution in [0.4, 0.5) is 0 Å². The summed E-state index contributed by atoms with van der Waals surface area (Å²) in [5, 5.41) is 18.1. The smallest absolute Gasteiger partial charge is 0.309 e. The van der Waals surface area contributed by atoms with Gasteiger partial charge in [-0.15, -0.1) is 0 Å². The van der Waals surface area contributed by atoms with Crippen LogP contribution in [-0.4, -0.2) is 55.5 Å². The zero-order valence-electron chi connectivity index (χ0n) is 20.7. The Morgan fingerprint density at radius 3 is 2.62 bits per heavy atom. The molecule has 0 atom stereocenters. The van der Waals surface area contributed by atoms with Gasteiger partial charge in [0.25, 0.3) is 5.89 Å². The topological polar surface area (TPSA) is 97.3 Å². The summed E-state index contributed by atoms with van der Waals surface area (Å²) in [4.78, 5) is 17.9. The Morgan fingerprint density at radius 1 is 1.24 bits per heavy atom. The van der Waals surface area contributed by atoms with Crippen LogP contribution in [-0.2, 0) is 31.1 Å². The molecule has 0 spiro atoms. The first-order valence-electron chi connectivity index (χ1n) is 12.1. The number of hydrogen-bond acceptors (Lipinski definition) is 6. The van der Waals surface area contributed by atoms with Crippen molar-refractivity contribution in [2.75, 3.05) is 19.6 Å². The van der Waals surface area contributed by atoms with E-state index >= 15 is 0 Å². The van der Waals surface area contributed by atoms with E-state index in [1.165, 1.54) is 27.9 Å². The van der Waals surface area contributed by atoms with Crippen molar-refractivity contribution in [3.05, 3.63) is 40.1 Å². The number of aryl methyl sites for hydroxylation is 3. The van der Waals surface area contributed by atoms with Gasteiger partial charge < -0.3 is 14.5 Å². The number of aromatic nitrogens is 4. The van der Waals surface area contributed by atoms with Crippen LogP contribution >= 0.6 is 0 Å². The van der Waals surface area contributed by atoms with Gasteiger partial charge in [0.2, 0.25) is 5.82 Å². The number of benzene rings is 1. The van der Waals surface area contributed by atoms with Crippen LogP contribution in [0, 0.1) is 25.2 Å². The molecule has 0 saturated carbocycles. The monoisotopic (exact) mass is 463 g/mol. The fourth-order valence-electron chi connectivity index (χ4n) is 5.40. The molecule has 3 aromatic rings. The lowest BCUT2D eigenvalue weighted by Crippen LogP contribution is -2.50. The Bertz CT molecular complexity index is 1230. The standard InChI is InChI=1S/C26H33N5O3/c1-15-10-17(11-16(2)19(15)7-9-31-13-18(14-31)25(32)33)23-27-24(34-29-23)22-20-6-8-26(3,4)12-21(20)30(5)28-22/h10-11,18H,6-9,12-14H2,1-5H3,(H,32,33). The number of carboxylic acids is 1. The first-order chi connectivity index (χ1) is 16.1. The first-order valence-corrected chi connectivity index (χ1v) is 12.1. The van der Waals surface area contributed by atoms with Gasteiger partial charge in [-0.05, 0) is 73.8 Å². The van der Waals surface area contributed by atoms with Crippen LogP contribution in [0.25, 0.3) is 23.0 Å². The molecule has 1 aliphatic carbocycles. The average molecular weight is 464 g/mol. The molecule has 180 valence electrons. The van der Waals surface area contributed by atoms with Crippen LogP contribution in [0.15, 0.2) is 16.7 Å². The van der Waals surface area contributed by atoms with Gasteiger partial charge in [0.15, 0.2) is 5.69 Å². The van der Waals surface area contributed by atoms with Crippen LogP contribution in [0.1, 0.15) is 48.2 Å². The van der Waals surface area contributed by atoms with Gasteiger partial charge in [0.05, 0.1) is 5.92 Å². The Kier molecular flexibility index (Phi) is 5.59. The van der Waals surface area contributed by atoms with Crippen molar-refractivity contribution >= 4 is 5.97 Å². The third-order valence-electron chi connectivity index (χ3n) is 7.54. The Balaban J connectivity index is 1.34. The number of carbonyl (C=O) groups is 1. The quantitative estimate of drug-likeness (QED) is 0.593. The van der Waals surface area contributed by atoms with Crippen molar-refractivity contribution in [3.8, 4) is 23.0 Å². The molecule has 1 N–H and O–H groups in total. The van der Waals surface area contributed by atoms with Gasteiger partial charge in [-0.3, -0.25) is 9.48 Å². The molecule has 0 bridgehead atoms. The lowest BCUT2D eigenvalue weighted by Gasteiger charge is -2.36. The van der Waals surface area contributed by atoms with E-state index in [-0.39, 0.29) is 11.3 Å². The molecule has 8 nitrogen and oxygen atoms in total. The summed E-state index contributed by atoms with van der Waals surface area (Å²) < 4.78 is 7.65. The summed E-state index contributed by atoms with van der Waals surface area (Å²) in [5.41, 5.74) is 8.20. The van der Waals surface area contributed by atoms with Crippen LogP contribution in [0.2, 0.25) is 0 Å². The second kappa shape index (κ2) is 8.34. The predicted octanol–water partition coefficient (Wildman–Crippen LogP) is 3.83. The number of fused-ring (bicyclic) bond motifs is 1. The van der Waals surface area contributed by atoms with E-state index in [4.69, 9.17) is 19.7 Å². The molecule has 0 unspecified atom stereocenters. The number of aliphatic carboxylic acids is 1. The molecule has 2 aromatic heterocycles. The highest BCUT2D eigenvalue weighted by molar-refractivity contribution is 5.71. The molecule has 1 aromatic carbocycles. The number of carboxylic acid groups (broad SMARTS) is 1. The van der Waals surface area contributed by atoms with Crippen molar-refractivity contribution < 1.29 is 14.4 Å². The molecule has 2 aliphatic rings. The fourth-order valence-corrected chi connectivity index (χ4v) is 5.40. The highest BCUT2D eigenvalue weighted by atomic mass is 16.5. The average Bonchev–Trinajstić information content (AvgIpc) is 3.32. The molecule has 0 amide bonds. The zero-order chi connectivity index (χ0) is 24.2. The van der Waals surface area contributed by atoms with E-state index in [1.807, 2.05) is 11.7 Å². The minimum Gasteiger partial charge on any atom is -0.481 e. The normalized spacial score (nSPS) is 18.0. The van der Waals surface area contributed by atoms with Crippen molar-refractivity contribution in [2.45, 2.75) is 53.4 Å². The number of likely N-dealkylation sites (tertiary alicyclic amines) is 1. The predicted molar refractivity (Wildman–Crippen MR) is 128 cm³/mol. The van der Waals surface area contributed by atoms with Gasteiger partial charge in [0.1, 0.15) is 0 Å². The van der Waals surface area contributed by atoms with E-state index in [9.17, 15) is 4.79 Å². The lowest BCUT2D eigenvalue weighted by atomic mass is 9.76. The summed E-state index contributed by atoms with van der Waals surface area (Å²) in [6.45, 7) is 11.0. The van der Waals surface area contributed by atoms with Crippen molar-refractivity contribution in [3.63, 3.8) is 0 Å².